The maximum atomic E-state index is 13.9. The third kappa shape index (κ3) is 3.16. The number of carbonyl (C=O) groups excluding carboxylic acids is 1. The Morgan fingerprint density at radius 3 is 3.00 bits per heavy atom. The van der Waals surface area contributed by atoms with Crippen molar-refractivity contribution in [1.29, 1.82) is 5.26 Å². The number of nitrogens with one attached hydrogen (secondary N) is 1. The molecule has 1 amide bonds. The molecular formula is C18H20FN3O3. The van der Waals surface area contributed by atoms with E-state index in [0.717, 1.165) is 5.57 Å². The number of alkyl halides is 1. The summed E-state index contributed by atoms with van der Waals surface area (Å²) in [6, 6.07) is 1.76. The standard InChI is InChI=1S/C18H20FN3O3/c1-3-12-14(22-17(23)16(12)19)9-25-18-13-7-15(24-2)11(8-20)6-10(13)4-5-21-18/h4-6,12-14,16H,3,7,9H2,1-2H3,(H,22,23)/t12-,13?,14+,16-/m0/s1. The number of hydrogen-bond acceptors (Lipinski definition) is 5. The van der Waals surface area contributed by atoms with Gasteiger partial charge >= 0.3 is 0 Å². The lowest BCUT2D eigenvalue weighted by Gasteiger charge is -2.28. The molecule has 1 N–H and O–H groups in total. The minimum atomic E-state index is -1.49. The van der Waals surface area contributed by atoms with Crippen LogP contribution < -0.4 is 5.32 Å². The van der Waals surface area contributed by atoms with Crippen molar-refractivity contribution in [3.05, 3.63) is 35.3 Å². The fourth-order valence-electron chi connectivity index (χ4n) is 3.47. The molecule has 1 saturated heterocycles. The molecule has 0 aromatic heterocycles. The van der Waals surface area contributed by atoms with Gasteiger partial charge in [0.05, 0.1) is 24.6 Å². The van der Waals surface area contributed by atoms with Crippen molar-refractivity contribution >= 4 is 11.8 Å². The van der Waals surface area contributed by atoms with Gasteiger partial charge in [-0.15, -0.1) is 0 Å². The van der Waals surface area contributed by atoms with Crippen molar-refractivity contribution in [3.63, 3.8) is 0 Å². The molecule has 3 rings (SSSR count). The minimum absolute atomic E-state index is 0.143. The highest BCUT2D eigenvalue weighted by Crippen LogP contribution is 2.34. The van der Waals surface area contributed by atoms with E-state index >= 15 is 0 Å². The lowest BCUT2D eigenvalue weighted by atomic mass is 9.86. The fraction of sp³-hybridized carbons (Fsp3) is 0.500. The normalized spacial score (nSPS) is 30.9. The van der Waals surface area contributed by atoms with Gasteiger partial charge in [-0.25, -0.2) is 9.38 Å². The number of ether oxygens (including phenoxy) is 2. The summed E-state index contributed by atoms with van der Waals surface area (Å²) in [7, 11) is 1.53. The second-order valence-electron chi connectivity index (χ2n) is 6.24. The first-order valence-corrected chi connectivity index (χ1v) is 8.29. The number of nitriles is 1. The van der Waals surface area contributed by atoms with Gasteiger partial charge in [-0.1, -0.05) is 6.92 Å². The largest absolute Gasteiger partial charge is 0.500 e. The number of hydrogen-bond donors (Lipinski definition) is 1. The Morgan fingerprint density at radius 2 is 2.32 bits per heavy atom. The molecule has 6 nitrogen and oxygen atoms in total. The Balaban J connectivity index is 1.71. The lowest BCUT2D eigenvalue weighted by Crippen LogP contribution is -2.36. The fourth-order valence-corrected chi connectivity index (χ4v) is 3.47. The molecule has 0 aromatic carbocycles. The second-order valence-corrected chi connectivity index (χ2v) is 6.24. The van der Waals surface area contributed by atoms with Crippen molar-refractivity contribution in [2.75, 3.05) is 13.7 Å². The maximum Gasteiger partial charge on any atom is 0.255 e. The molecule has 25 heavy (non-hydrogen) atoms. The topological polar surface area (TPSA) is 83.7 Å². The molecule has 2 aliphatic heterocycles. The zero-order chi connectivity index (χ0) is 18.0. The highest BCUT2D eigenvalue weighted by molar-refractivity contribution is 5.86. The van der Waals surface area contributed by atoms with Crippen LogP contribution in [0.3, 0.4) is 0 Å². The van der Waals surface area contributed by atoms with Gasteiger partial charge < -0.3 is 14.8 Å². The highest BCUT2D eigenvalue weighted by atomic mass is 19.1. The predicted octanol–water partition coefficient (Wildman–Crippen LogP) is 2.16. The van der Waals surface area contributed by atoms with Crippen molar-refractivity contribution in [2.45, 2.75) is 32.0 Å². The molecule has 0 radical (unpaired) electrons. The highest BCUT2D eigenvalue weighted by Gasteiger charge is 2.42. The van der Waals surface area contributed by atoms with Crippen LogP contribution in [0.4, 0.5) is 4.39 Å². The summed E-state index contributed by atoms with van der Waals surface area (Å²) in [5.41, 5.74) is 1.42. The number of carbonyl (C=O) groups is 1. The van der Waals surface area contributed by atoms with E-state index in [1.807, 2.05) is 13.0 Å². The monoisotopic (exact) mass is 345 g/mol. The van der Waals surface area contributed by atoms with Crippen LogP contribution in [0.2, 0.25) is 0 Å². The molecule has 0 spiro atoms. The Kier molecular flexibility index (Phi) is 4.88. The average Bonchev–Trinajstić information content (AvgIpc) is 2.91. The van der Waals surface area contributed by atoms with Crippen LogP contribution in [0.5, 0.6) is 0 Å². The van der Waals surface area contributed by atoms with Gasteiger partial charge in [0.25, 0.3) is 5.91 Å². The van der Waals surface area contributed by atoms with Gasteiger partial charge in [0, 0.05) is 18.5 Å². The zero-order valence-corrected chi connectivity index (χ0v) is 14.2. The Morgan fingerprint density at radius 1 is 1.52 bits per heavy atom. The first-order chi connectivity index (χ1) is 12.1. The molecule has 3 aliphatic rings. The molecule has 0 bridgehead atoms. The van der Waals surface area contributed by atoms with Gasteiger partial charge in [0.2, 0.25) is 0 Å². The van der Waals surface area contributed by atoms with Crippen LogP contribution >= 0.6 is 0 Å². The van der Waals surface area contributed by atoms with E-state index in [4.69, 9.17) is 9.47 Å². The van der Waals surface area contributed by atoms with Crippen LogP contribution in [-0.4, -0.2) is 37.7 Å². The summed E-state index contributed by atoms with van der Waals surface area (Å²) >= 11 is 0. The van der Waals surface area contributed by atoms with Crippen LogP contribution in [0, 0.1) is 23.2 Å². The number of aliphatic imine (C=N–C) groups is 1. The molecule has 7 heteroatoms. The summed E-state index contributed by atoms with van der Waals surface area (Å²) in [4.78, 5) is 15.8. The van der Waals surface area contributed by atoms with Crippen molar-refractivity contribution < 1.29 is 18.7 Å². The van der Waals surface area contributed by atoms with Gasteiger partial charge in [0.1, 0.15) is 18.4 Å². The summed E-state index contributed by atoms with van der Waals surface area (Å²) in [5.74, 6) is -0.0324. The zero-order valence-electron chi connectivity index (χ0n) is 14.2. The first kappa shape index (κ1) is 17.2. The third-order valence-electron chi connectivity index (χ3n) is 4.89. The van der Waals surface area contributed by atoms with E-state index in [2.05, 4.69) is 16.4 Å². The maximum absolute atomic E-state index is 13.9. The number of methoxy groups -OCH3 is 1. The molecule has 1 aliphatic carbocycles. The average molecular weight is 345 g/mol. The van der Waals surface area contributed by atoms with E-state index in [-0.39, 0.29) is 18.6 Å². The van der Waals surface area contributed by atoms with Crippen molar-refractivity contribution in [3.8, 4) is 6.07 Å². The van der Waals surface area contributed by atoms with E-state index < -0.39 is 18.0 Å². The quantitative estimate of drug-likeness (QED) is 0.846. The molecule has 2 heterocycles. The van der Waals surface area contributed by atoms with E-state index in [1.54, 1.807) is 12.3 Å². The summed E-state index contributed by atoms with van der Waals surface area (Å²) in [6.45, 7) is 2.02. The van der Waals surface area contributed by atoms with Crippen LogP contribution in [0.15, 0.2) is 40.2 Å². The van der Waals surface area contributed by atoms with E-state index in [0.29, 0.717) is 30.1 Å². The van der Waals surface area contributed by atoms with Gasteiger partial charge in [0.15, 0.2) is 12.1 Å². The summed E-state index contributed by atoms with van der Waals surface area (Å²) < 4.78 is 25.0. The Labute approximate surface area is 145 Å². The van der Waals surface area contributed by atoms with Crippen LogP contribution in [0.25, 0.3) is 0 Å². The first-order valence-electron chi connectivity index (χ1n) is 8.29. The number of allylic oxidation sites excluding steroid dienone is 4. The molecular weight excluding hydrogens is 325 g/mol. The number of halogens is 1. The van der Waals surface area contributed by atoms with Crippen molar-refractivity contribution in [1.82, 2.24) is 5.32 Å². The number of fused-ring (bicyclic) bond motifs is 1. The lowest BCUT2D eigenvalue weighted by molar-refractivity contribution is -0.123. The third-order valence-corrected chi connectivity index (χ3v) is 4.89. The van der Waals surface area contributed by atoms with E-state index in [9.17, 15) is 14.4 Å². The predicted molar refractivity (Wildman–Crippen MR) is 89.0 cm³/mol. The van der Waals surface area contributed by atoms with Crippen LogP contribution in [0.1, 0.15) is 19.8 Å². The van der Waals surface area contributed by atoms with Gasteiger partial charge in [-0.05, 0) is 24.1 Å². The van der Waals surface area contributed by atoms with E-state index in [1.165, 1.54) is 7.11 Å². The van der Waals surface area contributed by atoms with Gasteiger partial charge in [-0.2, -0.15) is 5.26 Å². The number of amides is 1. The minimum Gasteiger partial charge on any atom is -0.500 e. The van der Waals surface area contributed by atoms with Crippen molar-refractivity contribution in [2.24, 2.45) is 16.8 Å². The second kappa shape index (κ2) is 7.09. The Bertz CT molecular complexity index is 732. The van der Waals surface area contributed by atoms with Gasteiger partial charge in [-0.3, -0.25) is 4.79 Å². The number of nitrogens with zero attached hydrogens (tertiary/aromatic N) is 2. The Hall–Kier alpha value is -2.62. The molecule has 0 aromatic rings. The molecule has 0 saturated carbocycles. The van der Waals surface area contributed by atoms with Crippen LogP contribution in [-0.2, 0) is 14.3 Å². The molecule has 1 fully saturated rings. The SMILES string of the molecule is CC[C@@H]1[C@H](F)C(=O)N[C@@H]1COC1=NC=CC2=CC(C#N)=C(OC)CC21. The summed E-state index contributed by atoms with van der Waals surface area (Å²) in [6.07, 6.45) is 4.77. The summed E-state index contributed by atoms with van der Waals surface area (Å²) in [5, 5.41) is 11.9. The molecule has 132 valence electrons. The molecule has 4 atom stereocenters. The number of rotatable bonds is 4. The smallest absolute Gasteiger partial charge is 0.255 e. The molecule has 1 unspecified atom stereocenters.